The first-order valence-electron chi connectivity index (χ1n) is 8.78. The molecule has 0 aliphatic carbocycles. The number of benzene rings is 2. The standard InChI is InChI=1S/C20H19BrN2O2S2/c1-26-16-5-2-6-17-18(16)22-20(27-17)23(12-15-4-3-11-25-15)19(24)13-7-9-14(21)10-8-13/h2,5-10,15H,3-4,11-12H2,1H3. The van der Waals surface area contributed by atoms with Crippen molar-refractivity contribution in [3.63, 3.8) is 0 Å². The number of aromatic nitrogens is 1. The maximum atomic E-state index is 13.3. The van der Waals surface area contributed by atoms with Gasteiger partial charge in [0.15, 0.2) is 5.13 Å². The lowest BCUT2D eigenvalue weighted by molar-refractivity contribution is 0.0917. The van der Waals surface area contributed by atoms with Crippen LogP contribution in [0.5, 0.6) is 0 Å². The van der Waals surface area contributed by atoms with Gasteiger partial charge < -0.3 is 4.74 Å². The monoisotopic (exact) mass is 462 g/mol. The number of hydrogen-bond acceptors (Lipinski definition) is 5. The van der Waals surface area contributed by atoms with Crippen molar-refractivity contribution >= 4 is 60.3 Å². The third-order valence-corrected chi connectivity index (χ3v) is 6.91. The van der Waals surface area contributed by atoms with Crippen molar-refractivity contribution in [2.45, 2.75) is 23.8 Å². The van der Waals surface area contributed by atoms with Gasteiger partial charge in [-0.25, -0.2) is 4.98 Å². The number of thiazole rings is 1. The van der Waals surface area contributed by atoms with E-state index < -0.39 is 0 Å². The number of hydrogen-bond donors (Lipinski definition) is 0. The Balaban J connectivity index is 1.73. The number of carbonyl (C=O) groups is 1. The Kier molecular flexibility index (Phi) is 5.82. The maximum absolute atomic E-state index is 13.3. The van der Waals surface area contributed by atoms with Crippen LogP contribution < -0.4 is 4.90 Å². The molecule has 1 aromatic heterocycles. The molecular weight excluding hydrogens is 444 g/mol. The summed E-state index contributed by atoms with van der Waals surface area (Å²) in [6.45, 7) is 1.30. The Hall–Kier alpha value is -1.41. The summed E-state index contributed by atoms with van der Waals surface area (Å²) in [5, 5.41) is 0.731. The van der Waals surface area contributed by atoms with Crippen LogP contribution in [0.25, 0.3) is 10.2 Å². The number of carbonyl (C=O) groups excluding carboxylic acids is 1. The molecular formula is C20H19BrN2O2S2. The zero-order chi connectivity index (χ0) is 18.8. The zero-order valence-corrected chi connectivity index (χ0v) is 18.1. The fourth-order valence-electron chi connectivity index (χ4n) is 3.18. The lowest BCUT2D eigenvalue weighted by Gasteiger charge is -2.23. The molecule has 140 valence electrons. The second kappa shape index (κ2) is 8.31. The Morgan fingerprint density at radius 2 is 2.15 bits per heavy atom. The van der Waals surface area contributed by atoms with Crippen molar-refractivity contribution in [3.05, 3.63) is 52.5 Å². The van der Waals surface area contributed by atoms with Gasteiger partial charge in [0, 0.05) is 21.5 Å². The van der Waals surface area contributed by atoms with Gasteiger partial charge in [0.25, 0.3) is 5.91 Å². The van der Waals surface area contributed by atoms with E-state index in [9.17, 15) is 4.79 Å². The molecule has 27 heavy (non-hydrogen) atoms. The number of thioether (sulfide) groups is 1. The van der Waals surface area contributed by atoms with E-state index in [2.05, 4.69) is 28.1 Å². The summed E-state index contributed by atoms with van der Waals surface area (Å²) in [7, 11) is 0. The predicted molar refractivity (Wildman–Crippen MR) is 116 cm³/mol. The Labute approximate surface area is 175 Å². The molecule has 7 heteroatoms. The highest BCUT2D eigenvalue weighted by molar-refractivity contribution is 9.10. The average Bonchev–Trinajstić information content (AvgIpc) is 3.35. The Bertz CT molecular complexity index is 952. The van der Waals surface area contributed by atoms with E-state index in [4.69, 9.17) is 9.72 Å². The third-order valence-electron chi connectivity index (χ3n) is 4.57. The van der Waals surface area contributed by atoms with Crippen molar-refractivity contribution in [1.82, 2.24) is 4.98 Å². The quantitative estimate of drug-likeness (QED) is 0.462. The SMILES string of the molecule is CSc1cccc2sc(N(CC3CCCO3)C(=O)c3ccc(Br)cc3)nc12. The molecule has 2 heterocycles. The van der Waals surface area contributed by atoms with Crippen LogP contribution >= 0.6 is 39.0 Å². The van der Waals surface area contributed by atoms with Gasteiger partial charge in [-0.3, -0.25) is 9.69 Å². The number of halogens is 1. The summed E-state index contributed by atoms with van der Waals surface area (Å²) in [6.07, 6.45) is 4.13. The van der Waals surface area contributed by atoms with Gasteiger partial charge in [-0.05, 0) is 55.5 Å². The van der Waals surface area contributed by atoms with E-state index >= 15 is 0 Å². The summed E-state index contributed by atoms with van der Waals surface area (Å²) in [5.74, 6) is -0.0391. The molecule has 0 N–H and O–H groups in total. The number of ether oxygens (including phenoxy) is 1. The molecule has 1 atom stereocenters. The van der Waals surface area contributed by atoms with Crippen molar-refractivity contribution in [3.8, 4) is 0 Å². The van der Waals surface area contributed by atoms with Gasteiger partial charge in [0.1, 0.15) is 0 Å². The minimum absolute atomic E-state index is 0.0391. The second-order valence-corrected chi connectivity index (χ2v) is 9.13. The molecule has 0 saturated carbocycles. The largest absolute Gasteiger partial charge is 0.376 e. The molecule has 1 saturated heterocycles. The summed E-state index contributed by atoms with van der Waals surface area (Å²) < 4.78 is 7.85. The summed E-state index contributed by atoms with van der Waals surface area (Å²) in [4.78, 5) is 21.0. The highest BCUT2D eigenvalue weighted by Crippen LogP contribution is 2.35. The lowest BCUT2D eigenvalue weighted by atomic mass is 10.2. The smallest absolute Gasteiger partial charge is 0.260 e. The van der Waals surface area contributed by atoms with Crippen LogP contribution in [-0.2, 0) is 4.74 Å². The van der Waals surface area contributed by atoms with Crippen molar-refractivity contribution in [2.24, 2.45) is 0 Å². The second-order valence-electron chi connectivity index (χ2n) is 6.36. The maximum Gasteiger partial charge on any atom is 0.260 e. The Morgan fingerprint density at radius 1 is 1.33 bits per heavy atom. The average molecular weight is 463 g/mol. The van der Waals surface area contributed by atoms with Gasteiger partial charge in [-0.15, -0.1) is 11.8 Å². The highest BCUT2D eigenvalue weighted by Gasteiger charge is 2.27. The molecule has 2 aromatic carbocycles. The van der Waals surface area contributed by atoms with E-state index in [1.165, 1.54) is 0 Å². The van der Waals surface area contributed by atoms with Crippen molar-refractivity contribution in [2.75, 3.05) is 24.3 Å². The summed E-state index contributed by atoms with van der Waals surface area (Å²) in [5.41, 5.74) is 1.62. The first-order valence-corrected chi connectivity index (χ1v) is 11.6. The molecule has 1 amide bonds. The minimum atomic E-state index is -0.0391. The molecule has 1 aliphatic heterocycles. The highest BCUT2D eigenvalue weighted by atomic mass is 79.9. The first-order chi connectivity index (χ1) is 13.2. The number of para-hydroxylation sites is 1. The zero-order valence-electron chi connectivity index (χ0n) is 14.9. The molecule has 1 unspecified atom stereocenters. The molecule has 0 bridgehead atoms. The molecule has 1 fully saturated rings. The molecule has 1 aliphatic rings. The topological polar surface area (TPSA) is 42.4 Å². The third kappa shape index (κ3) is 4.06. The van der Waals surface area contributed by atoms with Gasteiger partial charge in [-0.1, -0.05) is 33.3 Å². The van der Waals surface area contributed by atoms with Crippen molar-refractivity contribution < 1.29 is 9.53 Å². The fourth-order valence-corrected chi connectivity index (χ4v) is 5.07. The predicted octanol–water partition coefficient (Wildman–Crippen LogP) is 5.61. The van der Waals surface area contributed by atoms with Crippen LogP contribution in [-0.4, -0.2) is 36.4 Å². The van der Waals surface area contributed by atoms with Gasteiger partial charge in [0.2, 0.25) is 0 Å². The number of rotatable bonds is 5. The van der Waals surface area contributed by atoms with Gasteiger partial charge >= 0.3 is 0 Å². The number of nitrogens with zero attached hydrogens (tertiary/aromatic N) is 2. The lowest BCUT2D eigenvalue weighted by Crippen LogP contribution is -2.37. The van der Waals surface area contributed by atoms with Crippen LogP contribution in [0.1, 0.15) is 23.2 Å². The number of fused-ring (bicyclic) bond motifs is 1. The van der Waals surface area contributed by atoms with Crippen LogP contribution in [0, 0.1) is 0 Å². The van der Waals surface area contributed by atoms with Crippen LogP contribution in [0.4, 0.5) is 5.13 Å². The first kappa shape index (κ1) is 18.9. The van der Waals surface area contributed by atoms with Crippen LogP contribution in [0.2, 0.25) is 0 Å². The number of amides is 1. The normalized spacial score (nSPS) is 16.7. The fraction of sp³-hybridized carbons (Fsp3) is 0.300. The minimum Gasteiger partial charge on any atom is -0.376 e. The molecule has 3 aromatic rings. The van der Waals surface area contributed by atoms with E-state index in [0.29, 0.717) is 12.1 Å². The molecule has 4 nitrogen and oxygen atoms in total. The molecule has 0 spiro atoms. The Morgan fingerprint density at radius 3 is 2.85 bits per heavy atom. The van der Waals surface area contributed by atoms with E-state index in [1.807, 2.05) is 36.6 Å². The van der Waals surface area contributed by atoms with E-state index in [0.717, 1.165) is 44.2 Å². The molecule has 4 rings (SSSR count). The molecule has 0 radical (unpaired) electrons. The van der Waals surface area contributed by atoms with E-state index in [-0.39, 0.29) is 12.0 Å². The number of anilines is 1. The van der Waals surface area contributed by atoms with E-state index in [1.54, 1.807) is 28.0 Å². The van der Waals surface area contributed by atoms with Gasteiger partial charge in [0.05, 0.1) is 22.9 Å². The van der Waals surface area contributed by atoms with Gasteiger partial charge in [-0.2, -0.15) is 0 Å². The summed E-state index contributed by atoms with van der Waals surface area (Å²) >= 11 is 6.66. The van der Waals surface area contributed by atoms with Crippen molar-refractivity contribution in [1.29, 1.82) is 0 Å². The van der Waals surface area contributed by atoms with Crippen LogP contribution in [0.3, 0.4) is 0 Å². The summed E-state index contributed by atoms with van der Waals surface area (Å²) in [6, 6.07) is 13.6. The van der Waals surface area contributed by atoms with Crippen LogP contribution in [0.15, 0.2) is 51.8 Å².